The number of hydrogen-bond acceptors (Lipinski definition) is 2. The number of nitrogens with zero attached hydrogens (tertiary/aromatic N) is 1. The van der Waals surface area contributed by atoms with Gasteiger partial charge in [-0.1, -0.05) is 25.2 Å². The Morgan fingerprint density at radius 3 is 2.67 bits per heavy atom. The summed E-state index contributed by atoms with van der Waals surface area (Å²) in [6.07, 6.45) is 0.824. The van der Waals surface area contributed by atoms with Crippen molar-refractivity contribution in [1.29, 1.82) is 0 Å². The molecular formula is C10H14ClNO2Si. The van der Waals surface area contributed by atoms with Gasteiger partial charge in [-0.25, -0.2) is 0 Å². The highest BCUT2D eigenvalue weighted by molar-refractivity contribution is 7.19. The third-order valence-electron chi connectivity index (χ3n) is 2.13. The summed E-state index contributed by atoms with van der Waals surface area (Å²) in [6.45, 7) is 4.15. The molecule has 5 heteroatoms. The normalized spacial score (nSPS) is 11.4. The van der Waals surface area contributed by atoms with Gasteiger partial charge in [0.1, 0.15) is 0 Å². The van der Waals surface area contributed by atoms with E-state index >= 15 is 0 Å². The summed E-state index contributed by atoms with van der Waals surface area (Å²) in [6, 6.07) is 7.69. The van der Waals surface area contributed by atoms with E-state index in [4.69, 9.17) is 11.1 Å². The summed E-state index contributed by atoms with van der Waals surface area (Å²) >= 11 is 6.19. The van der Waals surface area contributed by atoms with Gasteiger partial charge < -0.3 is 0 Å². The molecule has 1 aromatic carbocycles. The first-order chi connectivity index (χ1) is 6.88. The molecule has 0 saturated carbocycles. The lowest BCUT2D eigenvalue weighted by Crippen LogP contribution is -2.16. The zero-order valence-corrected chi connectivity index (χ0v) is 10.6. The molecule has 3 nitrogen and oxygen atoms in total. The largest absolute Gasteiger partial charge is 0.269 e. The number of aryl methyl sites for hydroxylation is 1. The Morgan fingerprint density at radius 1 is 1.47 bits per heavy atom. The first-order valence-corrected chi connectivity index (χ1v) is 9.03. The van der Waals surface area contributed by atoms with E-state index in [0.29, 0.717) is 0 Å². The lowest BCUT2D eigenvalue weighted by atomic mass is 10.1. The van der Waals surface area contributed by atoms with Gasteiger partial charge in [0.05, 0.1) is 4.92 Å². The number of nitro benzene ring substituents is 1. The summed E-state index contributed by atoms with van der Waals surface area (Å²) < 4.78 is 0. The van der Waals surface area contributed by atoms with Crippen molar-refractivity contribution in [2.45, 2.75) is 25.6 Å². The van der Waals surface area contributed by atoms with Crippen molar-refractivity contribution in [1.82, 2.24) is 0 Å². The predicted molar refractivity (Wildman–Crippen MR) is 64.9 cm³/mol. The zero-order valence-electron chi connectivity index (χ0n) is 8.87. The zero-order chi connectivity index (χ0) is 11.5. The lowest BCUT2D eigenvalue weighted by Gasteiger charge is -2.11. The summed E-state index contributed by atoms with van der Waals surface area (Å²) in [4.78, 5) is 10.2. The van der Waals surface area contributed by atoms with E-state index in [2.05, 4.69) is 13.1 Å². The van der Waals surface area contributed by atoms with Crippen molar-refractivity contribution in [3.63, 3.8) is 0 Å². The van der Waals surface area contributed by atoms with Crippen LogP contribution in [-0.2, 0) is 6.42 Å². The van der Waals surface area contributed by atoms with E-state index in [0.717, 1.165) is 18.0 Å². The van der Waals surface area contributed by atoms with Crippen molar-refractivity contribution in [3.8, 4) is 0 Å². The minimum absolute atomic E-state index is 0.154. The molecule has 0 aromatic heterocycles. The monoisotopic (exact) mass is 243 g/mol. The van der Waals surface area contributed by atoms with Crippen LogP contribution in [0.15, 0.2) is 24.3 Å². The van der Waals surface area contributed by atoms with E-state index in [-0.39, 0.29) is 10.6 Å². The SMILES string of the molecule is C[Si](C)(Cl)CCc1cccc([N+](=O)[O-])c1. The van der Waals surface area contributed by atoms with Gasteiger partial charge in [0.15, 0.2) is 7.38 Å². The van der Waals surface area contributed by atoms with Gasteiger partial charge >= 0.3 is 0 Å². The van der Waals surface area contributed by atoms with E-state index in [9.17, 15) is 10.1 Å². The molecule has 0 aliphatic rings. The average molecular weight is 244 g/mol. The topological polar surface area (TPSA) is 43.1 Å². The molecule has 0 fully saturated rings. The van der Waals surface area contributed by atoms with E-state index in [1.807, 2.05) is 6.07 Å². The lowest BCUT2D eigenvalue weighted by molar-refractivity contribution is -0.384. The molecule has 0 unspecified atom stereocenters. The van der Waals surface area contributed by atoms with Gasteiger partial charge in [0.25, 0.3) is 5.69 Å². The van der Waals surface area contributed by atoms with Crippen molar-refractivity contribution >= 4 is 24.2 Å². The molecule has 15 heavy (non-hydrogen) atoms. The highest BCUT2D eigenvalue weighted by atomic mass is 35.6. The number of benzene rings is 1. The number of halogens is 1. The minimum atomic E-state index is -1.58. The fraction of sp³-hybridized carbons (Fsp3) is 0.400. The Balaban J connectivity index is 2.70. The number of non-ortho nitro benzene ring substituents is 1. The molecule has 0 spiro atoms. The van der Waals surface area contributed by atoms with Gasteiger partial charge in [0, 0.05) is 12.1 Å². The van der Waals surface area contributed by atoms with Crippen LogP contribution >= 0.6 is 11.1 Å². The molecular weight excluding hydrogens is 230 g/mol. The van der Waals surface area contributed by atoms with Gasteiger partial charge in [-0.15, -0.1) is 0 Å². The first-order valence-electron chi connectivity index (χ1n) is 4.81. The molecule has 0 aliphatic carbocycles. The second kappa shape index (κ2) is 4.77. The fourth-order valence-electron chi connectivity index (χ4n) is 1.27. The average Bonchev–Trinajstić information content (AvgIpc) is 2.14. The standard InChI is InChI=1S/C10H14ClNO2Si/c1-15(2,11)7-6-9-4-3-5-10(8-9)12(13)14/h3-5,8H,6-7H2,1-2H3. The maximum absolute atomic E-state index is 10.5. The van der Waals surface area contributed by atoms with E-state index in [1.165, 1.54) is 6.07 Å². The van der Waals surface area contributed by atoms with Crippen molar-refractivity contribution in [2.24, 2.45) is 0 Å². The Hall–Kier alpha value is -0.873. The summed E-state index contributed by atoms with van der Waals surface area (Å²) in [7, 11) is -1.58. The van der Waals surface area contributed by atoms with E-state index < -0.39 is 7.38 Å². The molecule has 0 amide bonds. The van der Waals surface area contributed by atoms with Gasteiger partial charge in [-0.2, -0.15) is 11.1 Å². The Bertz CT molecular complexity index is 363. The molecule has 0 N–H and O–H groups in total. The van der Waals surface area contributed by atoms with Crippen molar-refractivity contribution in [2.75, 3.05) is 0 Å². The maximum atomic E-state index is 10.5. The van der Waals surface area contributed by atoms with Crippen LogP contribution < -0.4 is 0 Å². The third-order valence-corrected chi connectivity index (χ3v) is 4.14. The quantitative estimate of drug-likeness (QED) is 0.351. The van der Waals surface area contributed by atoms with Gasteiger partial charge in [-0.3, -0.25) is 10.1 Å². The Morgan fingerprint density at radius 2 is 2.13 bits per heavy atom. The van der Waals surface area contributed by atoms with Crippen LogP contribution in [0.25, 0.3) is 0 Å². The van der Waals surface area contributed by atoms with Crippen LogP contribution in [-0.4, -0.2) is 12.3 Å². The van der Waals surface area contributed by atoms with Crippen LogP contribution in [0.4, 0.5) is 5.69 Å². The van der Waals surface area contributed by atoms with Crippen LogP contribution in [0.1, 0.15) is 5.56 Å². The highest BCUT2D eigenvalue weighted by Gasteiger charge is 2.16. The number of hydrogen-bond donors (Lipinski definition) is 0. The summed E-state index contributed by atoms with van der Waals surface area (Å²) in [5, 5.41) is 10.5. The minimum Gasteiger partial charge on any atom is -0.258 e. The van der Waals surface area contributed by atoms with Gasteiger partial charge in [-0.05, 0) is 18.0 Å². The van der Waals surface area contributed by atoms with E-state index in [1.54, 1.807) is 12.1 Å². The van der Waals surface area contributed by atoms with Crippen LogP contribution in [0.2, 0.25) is 19.1 Å². The second-order valence-electron chi connectivity index (χ2n) is 4.15. The fourth-order valence-corrected chi connectivity index (χ4v) is 2.43. The third kappa shape index (κ3) is 4.44. The van der Waals surface area contributed by atoms with Crippen LogP contribution in [0, 0.1) is 10.1 Å². The molecule has 82 valence electrons. The molecule has 0 saturated heterocycles. The van der Waals surface area contributed by atoms with Crippen LogP contribution in [0.3, 0.4) is 0 Å². The smallest absolute Gasteiger partial charge is 0.258 e. The second-order valence-corrected chi connectivity index (χ2v) is 11.2. The number of nitro groups is 1. The molecule has 0 aliphatic heterocycles. The molecule has 0 radical (unpaired) electrons. The molecule has 1 aromatic rings. The molecule has 0 atom stereocenters. The van der Waals surface area contributed by atoms with Crippen LogP contribution in [0.5, 0.6) is 0 Å². The van der Waals surface area contributed by atoms with Crippen molar-refractivity contribution < 1.29 is 4.92 Å². The summed E-state index contributed by atoms with van der Waals surface area (Å²) in [5.41, 5.74) is 1.15. The maximum Gasteiger partial charge on any atom is 0.269 e. The Kier molecular flexibility index (Phi) is 3.88. The Labute approximate surface area is 94.9 Å². The molecule has 0 heterocycles. The highest BCUT2D eigenvalue weighted by Crippen LogP contribution is 2.20. The first kappa shape index (κ1) is 12.2. The number of rotatable bonds is 4. The summed E-state index contributed by atoms with van der Waals surface area (Å²) in [5.74, 6) is 0. The molecule has 1 rings (SSSR count). The van der Waals surface area contributed by atoms with Crippen molar-refractivity contribution in [3.05, 3.63) is 39.9 Å². The van der Waals surface area contributed by atoms with Gasteiger partial charge in [0.2, 0.25) is 0 Å². The molecule has 0 bridgehead atoms. The predicted octanol–water partition coefficient (Wildman–Crippen LogP) is 3.58.